The van der Waals surface area contributed by atoms with Crippen LogP contribution in [0.3, 0.4) is 0 Å². The lowest BCUT2D eigenvalue weighted by molar-refractivity contribution is 0.0683. The predicted octanol–water partition coefficient (Wildman–Crippen LogP) is 2.97. The van der Waals surface area contributed by atoms with Crippen molar-refractivity contribution in [2.75, 3.05) is 26.3 Å². The van der Waals surface area contributed by atoms with E-state index in [9.17, 15) is 0 Å². The van der Waals surface area contributed by atoms with E-state index in [4.69, 9.17) is 15.0 Å². The van der Waals surface area contributed by atoms with Crippen LogP contribution in [0.25, 0.3) is 0 Å². The molecule has 2 aromatic rings. The van der Waals surface area contributed by atoms with E-state index in [1.165, 1.54) is 0 Å². The van der Waals surface area contributed by atoms with Crippen LogP contribution in [0.1, 0.15) is 11.1 Å². The molecular weight excluding hydrogens is 274 g/mol. The molecule has 0 N–H and O–H groups in total. The first kappa shape index (κ1) is 14.3. The molecule has 0 amide bonds. The van der Waals surface area contributed by atoms with Crippen LogP contribution >= 0.6 is 0 Å². The van der Waals surface area contributed by atoms with Gasteiger partial charge >= 0.3 is 0 Å². The zero-order valence-electron chi connectivity index (χ0n) is 12.3. The lowest BCUT2D eigenvalue weighted by Crippen LogP contribution is -2.41. The summed E-state index contributed by atoms with van der Waals surface area (Å²) >= 11 is 0. The molecule has 1 saturated heterocycles. The van der Waals surface area contributed by atoms with Crippen molar-refractivity contribution in [3.05, 3.63) is 65.7 Å². The highest BCUT2D eigenvalue weighted by Crippen LogP contribution is 2.17. The Bertz CT molecular complexity index is 681. The summed E-state index contributed by atoms with van der Waals surface area (Å²) in [4.78, 5) is 7.05. The van der Waals surface area contributed by atoms with Crippen molar-refractivity contribution in [3.8, 4) is 6.07 Å². The first-order chi connectivity index (χ1) is 10.9. The van der Waals surface area contributed by atoms with E-state index in [0.29, 0.717) is 5.56 Å². The molecule has 0 bridgehead atoms. The lowest BCUT2D eigenvalue weighted by atomic mass is 10.1. The highest BCUT2D eigenvalue weighted by atomic mass is 16.5. The van der Waals surface area contributed by atoms with Gasteiger partial charge in [-0.15, -0.1) is 0 Å². The van der Waals surface area contributed by atoms with E-state index in [-0.39, 0.29) is 0 Å². The van der Waals surface area contributed by atoms with Crippen LogP contribution in [-0.4, -0.2) is 37.0 Å². The number of hydrogen-bond donors (Lipinski definition) is 0. The van der Waals surface area contributed by atoms with Gasteiger partial charge in [-0.1, -0.05) is 30.3 Å². The monoisotopic (exact) mass is 291 g/mol. The van der Waals surface area contributed by atoms with Gasteiger partial charge in [-0.2, -0.15) is 5.26 Å². The molecule has 1 aliphatic heterocycles. The van der Waals surface area contributed by atoms with Crippen LogP contribution in [0, 0.1) is 11.3 Å². The number of hydrogen-bond acceptors (Lipinski definition) is 3. The van der Waals surface area contributed by atoms with Crippen LogP contribution in [0.2, 0.25) is 0 Å². The second-order valence-corrected chi connectivity index (χ2v) is 5.06. The van der Waals surface area contributed by atoms with E-state index in [0.717, 1.165) is 43.4 Å². The standard InChI is InChI=1S/C18H17N3O/c19-14-15-6-8-17(9-7-15)20-18(16-4-2-1-3-5-16)21-10-12-22-13-11-21/h1-9H,10-13H2. The van der Waals surface area contributed by atoms with E-state index in [1.54, 1.807) is 12.1 Å². The molecule has 0 radical (unpaired) electrons. The maximum absolute atomic E-state index is 8.88. The van der Waals surface area contributed by atoms with Crippen molar-refractivity contribution in [3.63, 3.8) is 0 Å². The maximum Gasteiger partial charge on any atom is 0.136 e. The Labute approximate surface area is 130 Å². The number of aliphatic imine (C=N–C) groups is 1. The maximum atomic E-state index is 8.88. The van der Waals surface area contributed by atoms with Gasteiger partial charge in [0.15, 0.2) is 0 Å². The van der Waals surface area contributed by atoms with Gasteiger partial charge in [-0.25, -0.2) is 4.99 Å². The van der Waals surface area contributed by atoms with Crippen LogP contribution in [-0.2, 0) is 4.74 Å². The summed E-state index contributed by atoms with van der Waals surface area (Å²) in [5.74, 6) is 0.952. The Morgan fingerprint density at radius 3 is 2.32 bits per heavy atom. The van der Waals surface area contributed by atoms with Gasteiger partial charge in [0, 0.05) is 18.7 Å². The Morgan fingerprint density at radius 1 is 1.00 bits per heavy atom. The summed E-state index contributed by atoms with van der Waals surface area (Å²) in [6.45, 7) is 3.12. The van der Waals surface area contributed by atoms with Crippen molar-refractivity contribution < 1.29 is 4.74 Å². The number of morpholine rings is 1. The van der Waals surface area contributed by atoms with Crippen molar-refractivity contribution in [1.82, 2.24) is 4.90 Å². The fraction of sp³-hybridized carbons (Fsp3) is 0.222. The molecule has 1 fully saturated rings. The van der Waals surface area contributed by atoms with Gasteiger partial charge in [-0.3, -0.25) is 0 Å². The molecule has 0 atom stereocenters. The number of nitriles is 1. The summed E-state index contributed by atoms with van der Waals surface area (Å²) in [7, 11) is 0. The third-order valence-electron chi connectivity index (χ3n) is 3.57. The molecule has 22 heavy (non-hydrogen) atoms. The van der Waals surface area contributed by atoms with Gasteiger partial charge in [0.1, 0.15) is 5.84 Å². The molecule has 4 heteroatoms. The van der Waals surface area contributed by atoms with E-state index < -0.39 is 0 Å². The number of benzene rings is 2. The zero-order valence-corrected chi connectivity index (χ0v) is 12.3. The average Bonchev–Trinajstić information content (AvgIpc) is 2.62. The smallest absolute Gasteiger partial charge is 0.136 e. The number of nitrogens with zero attached hydrogens (tertiary/aromatic N) is 3. The summed E-state index contributed by atoms with van der Waals surface area (Å²) in [6, 6.07) is 19.6. The third kappa shape index (κ3) is 3.33. The summed E-state index contributed by atoms with van der Waals surface area (Å²) in [5, 5.41) is 8.88. The van der Waals surface area contributed by atoms with E-state index in [2.05, 4.69) is 23.1 Å². The molecule has 0 spiro atoms. The fourth-order valence-electron chi connectivity index (χ4n) is 2.41. The second-order valence-electron chi connectivity index (χ2n) is 5.06. The molecule has 1 heterocycles. The number of rotatable bonds is 2. The van der Waals surface area contributed by atoms with Crippen molar-refractivity contribution in [2.24, 2.45) is 4.99 Å². The lowest BCUT2D eigenvalue weighted by Gasteiger charge is -2.30. The third-order valence-corrected chi connectivity index (χ3v) is 3.57. The molecule has 3 rings (SSSR count). The van der Waals surface area contributed by atoms with E-state index >= 15 is 0 Å². The Kier molecular flexibility index (Phi) is 4.47. The summed E-state index contributed by atoms with van der Waals surface area (Å²) in [5.41, 5.74) is 2.59. The highest BCUT2D eigenvalue weighted by molar-refractivity contribution is 6.00. The predicted molar refractivity (Wildman–Crippen MR) is 86.2 cm³/mol. The Morgan fingerprint density at radius 2 is 1.68 bits per heavy atom. The fourth-order valence-corrected chi connectivity index (χ4v) is 2.41. The molecule has 0 saturated carbocycles. The second kappa shape index (κ2) is 6.88. The molecule has 4 nitrogen and oxygen atoms in total. The minimum absolute atomic E-state index is 0.645. The summed E-state index contributed by atoms with van der Waals surface area (Å²) < 4.78 is 5.43. The zero-order chi connectivity index (χ0) is 15.2. The molecule has 110 valence electrons. The normalized spacial score (nSPS) is 15.4. The van der Waals surface area contributed by atoms with Crippen LogP contribution in [0.15, 0.2) is 59.6 Å². The van der Waals surface area contributed by atoms with E-state index in [1.807, 2.05) is 30.3 Å². The van der Waals surface area contributed by atoms with Crippen LogP contribution < -0.4 is 0 Å². The largest absolute Gasteiger partial charge is 0.378 e. The van der Waals surface area contributed by atoms with Crippen molar-refractivity contribution in [2.45, 2.75) is 0 Å². The molecule has 0 aliphatic carbocycles. The Balaban J connectivity index is 1.96. The van der Waals surface area contributed by atoms with Gasteiger partial charge in [0.2, 0.25) is 0 Å². The molecule has 0 aromatic heterocycles. The topological polar surface area (TPSA) is 48.6 Å². The average molecular weight is 291 g/mol. The quantitative estimate of drug-likeness (QED) is 0.631. The van der Waals surface area contributed by atoms with Gasteiger partial charge < -0.3 is 9.64 Å². The molecule has 1 aliphatic rings. The summed E-state index contributed by atoms with van der Waals surface area (Å²) in [6.07, 6.45) is 0. The van der Waals surface area contributed by atoms with Crippen molar-refractivity contribution >= 4 is 11.5 Å². The number of ether oxygens (including phenoxy) is 1. The molecule has 2 aromatic carbocycles. The number of amidine groups is 1. The Hall–Kier alpha value is -2.64. The van der Waals surface area contributed by atoms with Gasteiger partial charge in [0.05, 0.1) is 30.5 Å². The first-order valence-corrected chi connectivity index (χ1v) is 7.34. The highest BCUT2D eigenvalue weighted by Gasteiger charge is 2.16. The minimum atomic E-state index is 0.645. The van der Waals surface area contributed by atoms with Crippen molar-refractivity contribution in [1.29, 1.82) is 5.26 Å². The SMILES string of the molecule is N#Cc1ccc(N=C(c2ccccc2)N2CCOCC2)cc1. The van der Waals surface area contributed by atoms with Gasteiger partial charge in [-0.05, 0) is 24.3 Å². The first-order valence-electron chi connectivity index (χ1n) is 7.34. The molecule has 0 unspecified atom stereocenters. The van der Waals surface area contributed by atoms with Gasteiger partial charge in [0.25, 0.3) is 0 Å². The molecular formula is C18H17N3O. The van der Waals surface area contributed by atoms with Crippen LogP contribution in [0.4, 0.5) is 5.69 Å². The minimum Gasteiger partial charge on any atom is -0.378 e. The van der Waals surface area contributed by atoms with Crippen LogP contribution in [0.5, 0.6) is 0 Å².